The molecule has 0 amide bonds. The van der Waals surface area contributed by atoms with Gasteiger partial charge < -0.3 is 0 Å². The SMILES string of the molecule is Cc1cn[nH]c1[Si](C)(C)C. The number of aromatic nitrogens is 2. The van der Waals surface area contributed by atoms with Crippen molar-refractivity contribution in [3.8, 4) is 0 Å². The summed E-state index contributed by atoms with van der Waals surface area (Å²) in [4.78, 5) is 0. The van der Waals surface area contributed by atoms with E-state index in [0.29, 0.717) is 0 Å². The van der Waals surface area contributed by atoms with Crippen LogP contribution >= 0.6 is 0 Å². The molecule has 56 valence electrons. The normalized spacial score (nSPS) is 12.0. The van der Waals surface area contributed by atoms with E-state index < -0.39 is 8.07 Å². The maximum atomic E-state index is 4.00. The first-order chi connectivity index (χ1) is 4.52. The van der Waals surface area contributed by atoms with Crippen molar-refractivity contribution in [2.24, 2.45) is 0 Å². The molecule has 2 nitrogen and oxygen atoms in total. The van der Waals surface area contributed by atoms with Gasteiger partial charge in [0.25, 0.3) is 0 Å². The van der Waals surface area contributed by atoms with Crippen LogP contribution in [0.4, 0.5) is 0 Å². The summed E-state index contributed by atoms with van der Waals surface area (Å²) in [5.74, 6) is 0. The maximum Gasteiger partial charge on any atom is 0.101 e. The molecule has 1 aromatic rings. The van der Waals surface area contributed by atoms with Crippen molar-refractivity contribution in [1.29, 1.82) is 0 Å². The summed E-state index contributed by atoms with van der Waals surface area (Å²) in [5, 5.41) is 8.42. The van der Waals surface area contributed by atoms with Gasteiger partial charge in [0, 0.05) is 5.32 Å². The van der Waals surface area contributed by atoms with Crippen molar-refractivity contribution in [2.45, 2.75) is 26.6 Å². The number of hydrogen-bond acceptors (Lipinski definition) is 1. The number of hydrogen-bond donors (Lipinski definition) is 1. The van der Waals surface area contributed by atoms with Gasteiger partial charge in [-0.2, -0.15) is 5.10 Å². The van der Waals surface area contributed by atoms with Crippen molar-refractivity contribution in [1.82, 2.24) is 10.2 Å². The fraction of sp³-hybridized carbons (Fsp3) is 0.571. The Labute approximate surface area is 62.7 Å². The fourth-order valence-corrected chi connectivity index (χ4v) is 2.75. The van der Waals surface area contributed by atoms with Gasteiger partial charge in [0.15, 0.2) is 0 Å². The van der Waals surface area contributed by atoms with Gasteiger partial charge in [-0.3, -0.25) is 5.10 Å². The van der Waals surface area contributed by atoms with E-state index in [0.717, 1.165) is 0 Å². The monoisotopic (exact) mass is 154 g/mol. The van der Waals surface area contributed by atoms with Crippen LogP contribution in [0.3, 0.4) is 0 Å². The van der Waals surface area contributed by atoms with Gasteiger partial charge in [-0.15, -0.1) is 0 Å². The maximum absolute atomic E-state index is 4.00. The van der Waals surface area contributed by atoms with E-state index in [1.807, 2.05) is 6.20 Å². The average molecular weight is 154 g/mol. The van der Waals surface area contributed by atoms with Gasteiger partial charge >= 0.3 is 0 Å². The zero-order chi connectivity index (χ0) is 7.78. The zero-order valence-corrected chi connectivity index (χ0v) is 8.02. The van der Waals surface area contributed by atoms with E-state index in [-0.39, 0.29) is 0 Å². The van der Waals surface area contributed by atoms with Crippen molar-refractivity contribution in [3.63, 3.8) is 0 Å². The summed E-state index contributed by atoms with van der Waals surface area (Å²) < 4.78 is 0. The minimum atomic E-state index is -1.14. The molecule has 1 rings (SSSR count). The quantitative estimate of drug-likeness (QED) is 0.606. The summed E-state index contributed by atoms with van der Waals surface area (Å²) in [6, 6.07) is 0. The number of H-pyrrole nitrogens is 1. The van der Waals surface area contributed by atoms with Crippen molar-refractivity contribution >= 4 is 13.4 Å². The lowest BCUT2D eigenvalue weighted by Crippen LogP contribution is -2.40. The second kappa shape index (κ2) is 2.23. The predicted octanol–water partition coefficient (Wildman–Crippen LogP) is 1.26. The van der Waals surface area contributed by atoms with E-state index in [4.69, 9.17) is 0 Å². The van der Waals surface area contributed by atoms with E-state index in [9.17, 15) is 0 Å². The number of rotatable bonds is 1. The average Bonchev–Trinajstić information content (AvgIpc) is 2.11. The molecule has 1 heterocycles. The Bertz CT molecular complexity index is 222. The van der Waals surface area contributed by atoms with Gasteiger partial charge in [-0.1, -0.05) is 19.6 Å². The first kappa shape index (κ1) is 7.53. The topological polar surface area (TPSA) is 28.7 Å². The smallest absolute Gasteiger partial charge is 0.101 e. The molecule has 0 saturated carbocycles. The third-order valence-electron chi connectivity index (χ3n) is 1.58. The molecular formula is C7H14N2Si. The molecule has 0 unspecified atom stereocenters. The van der Waals surface area contributed by atoms with Gasteiger partial charge in [-0.25, -0.2) is 0 Å². The Morgan fingerprint density at radius 2 is 2.00 bits per heavy atom. The molecule has 0 atom stereocenters. The minimum absolute atomic E-state index is 1.14. The van der Waals surface area contributed by atoms with Crippen LogP contribution < -0.4 is 5.32 Å². The van der Waals surface area contributed by atoms with Crippen LogP contribution in [-0.4, -0.2) is 18.3 Å². The van der Waals surface area contributed by atoms with Crippen LogP contribution in [0, 0.1) is 6.92 Å². The van der Waals surface area contributed by atoms with Crippen LogP contribution in [0.5, 0.6) is 0 Å². The van der Waals surface area contributed by atoms with Crippen LogP contribution in [0.1, 0.15) is 5.56 Å². The first-order valence-electron chi connectivity index (χ1n) is 3.52. The molecule has 0 fully saturated rings. The third kappa shape index (κ3) is 1.29. The van der Waals surface area contributed by atoms with Crippen molar-refractivity contribution in [2.75, 3.05) is 0 Å². The van der Waals surface area contributed by atoms with Gasteiger partial charge in [0.2, 0.25) is 0 Å². The molecule has 0 aromatic carbocycles. The molecule has 0 spiro atoms. The third-order valence-corrected chi connectivity index (χ3v) is 3.59. The summed E-state index contributed by atoms with van der Waals surface area (Å²) in [6.07, 6.45) is 1.90. The summed E-state index contributed by atoms with van der Waals surface area (Å²) >= 11 is 0. The highest BCUT2D eigenvalue weighted by molar-refractivity contribution is 6.88. The lowest BCUT2D eigenvalue weighted by Gasteiger charge is -2.13. The van der Waals surface area contributed by atoms with Gasteiger partial charge in [0.1, 0.15) is 8.07 Å². The first-order valence-corrected chi connectivity index (χ1v) is 7.02. The molecular weight excluding hydrogens is 140 g/mol. The van der Waals surface area contributed by atoms with Crippen molar-refractivity contribution < 1.29 is 0 Å². The minimum Gasteiger partial charge on any atom is -0.287 e. The highest BCUT2D eigenvalue weighted by atomic mass is 28.3. The molecule has 0 aliphatic rings. The van der Waals surface area contributed by atoms with E-state index >= 15 is 0 Å². The van der Waals surface area contributed by atoms with Crippen LogP contribution in [0.25, 0.3) is 0 Å². The molecule has 0 aliphatic carbocycles. The molecule has 3 heteroatoms. The number of nitrogens with zero attached hydrogens (tertiary/aromatic N) is 1. The molecule has 0 radical (unpaired) electrons. The summed E-state index contributed by atoms with van der Waals surface area (Å²) in [6.45, 7) is 9.05. The predicted molar refractivity (Wildman–Crippen MR) is 46.3 cm³/mol. The lowest BCUT2D eigenvalue weighted by molar-refractivity contribution is 1.11. The van der Waals surface area contributed by atoms with Gasteiger partial charge in [-0.05, 0) is 12.5 Å². The number of aromatic amines is 1. The Morgan fingerprint density at radius 1 is 1.40 bits per heavy atom. The highest BCUT2D eigenvalue weighted by Crippen LogP contribution is 2.02. The molecule has 0 bridgehead atoms. The van der Waals surface area contributed by atoms with E-state index in [2.05, 4.69) is 36.8 Å². The zero-order valence-electron chi connectivity index (χ0n) is 7.02. The molecule has 0 saturated heterocycles. The Kier molecular flexibility index (Phi) is 1.68. The summed E-state index contributed by atoms with van der Waals surface area (Å²) in [5.41, 5.74) is 1.30. The highest BCUT2D eigenvalue weighted by Gasteiger charge is 2.19. The van der Waals surface area contributed by atoms with E-state index in [1.165, 1.54) is 10.9 Å². The van der Waals surface area contributed by atoms with E-state index in [1.54, 1.807) is 0 Å². The Balaban J connectivity index is 3.05. The van der Waals surface area contributed by atoms with Crippen LogP contribution in [-0.2, 0) is 0 Å². The largest absolute Gasteiger partial charge is 0.287 e. The second-order valence-electron chi connectivity index (χ2n) is 3.68. The van der Waals surface area contributed by atoms with Crippen molar-refractivity contribution in [3.05, 3.63) is 11.8 Å². The summed E-state index contributed by atoms with van der Waals surface area (Å²) in [7, 11) is -1.14. The number of nitrogens with one attached hydrogen (secondary N) is 1. The lowest BCUT2D eigenvalue weighted by atomic mass is 10.4. The standard InChI is InChI=1S/C7H14N2Si/c1-6-5-8-9-7(6)10(2,3)4/h5H,1-4H3,(H,8,9). The van der Waals surface area contributed by atoms with Crippen LogP contribution in [0.2, 0.25) is 19.6 Å². The van der Waals surface area contributed by atoms with Crippen LogP contribution in [0.15, 0.2) is 6.20 Å². The number of aryl methyl sites for hydroxylation is 1. The van der Waals surface area contributed by atoms with Gasteiger partial charge in [0.05, 0.1) is 6.20 Å². The Hall–Kier alpha value is -0.573. The molecule has 10 heavy (non-hydrogen) atoms. The molecule has 0 aliphatic heterocycles. The second-order valence-corrected chi connectivity index (χ2v) is 8.68. The molecule has 1 N–H and O–H groups in total. The molecule has 1 aromatic heterocycles. The Morgan fingerprint density at radius 3 is 2.20 bits per heavy atom. The fourth-order valence-electron chi connectivity index (χ4n) is 1.11.